The van der Waals surface area contributed by atoms with Crippen LogP contribution in [0.3, 0.4) is 0 Å². The lowest BCUT2D eigenvalue weighted by Gasteiger charge is -2.24. The minimum Gasteiger partial charge on any atom is -0.447 e. The molecule has 0 fully saturated rings. The molecule has 4 nitrogen and oxygen atoms in total. The summed E-state index contributed by atoms with van der Waals surface area (Å²) in [5, 5.41) is 0. The Balaban J connectivity index is 2.16. The van der Waals surface area contributed by atoms with Crippen LogP contribution in [-0.2, 0) is 20.9 Å². The molecule has 1 amide bonds. The van der Waals surface area contributed by atoms with Gasteiger partial charge in [-0.15, -0.1) is 0 Å². The number of nitrogens with zero attached hydrogens (tertiary/aromatic N) is 1. The molecule has 114 valence electrons. The average Bonchev–Trinajstić information content (AvgIpc) is 2.53. The third-order valence-electron chi connectivity index (χ3n) is 3.25. The first-order valence-corrected chi connectivity index (χ1v) is 7.09. The lowest BCUT2D eigenvalue weighted by molar-refractivity contribution is -0.158. The molecule has 0 radical (unpaired) electrons. The highest BCUT2D eigenvalue weighted by molar-refractivity contribution is 5.84. The molecule has 0 aliphatic heterocycles. The molecule has 4 heteroatoms. The Hall–Kier alpha value is -2.62. The van der Waals surface area contributed by atoms with Crippen LogP contribution in [0.4, 0.5) is 0 Å². The topological polar surface area (TPSA) is 46.6 Å². The van der Waals surface area contributed by atoms with E-state index in [4.69, 9.17) is 4.74 Å². The minimum absolute atomic E-state index is 0.245. The van der Waals surface area contributed by atoms with E-state index in [9.17, 15) is 9.59 Å². The summed E-state index contributed by atoms with van der Waals surface area (Å²) in [7, 11) is 1.70. The molecular weight excluding hydrogens is 278 g/mol. The van der Waals surface area contributed by atoms with Gasteiger partial charge < -0.3 is 9.64 Å². The predicted octanol–water partition coefficient (Wildman–Crippen LogP) is 2.95. The third kappa shape index (κ3) is 4.19. The van der Waals surface area contributed by atoms with Crippen molar-refractivity contribution in [3.63, 3.8) is 0 Å². The van der Waals surface area contributed by atoms with Gasteiger partial charge in [-0.25, -0.2) is 0 Å². The van der Waals surface area contributed by atoms with Gasteiger partial charge in [0.25, 0.3) is 5.91 Å². The number of hydrogen-bond acceptors (Lipinski definition) is 3. The van der Waals surface area contributed by atoms with E-state index >= 15 is 0 Å². The smallest absolute Gasteiger partial charge is 0.303 e. The van der Waals surface area contributed by atoms with E-state index in [1.807, 2.05) is 48.5 Å². The van der Waals surface area contributed by atoms with Gasteiger partial charge in [-0.2, -0.15) is 0 Å². The van der Waals surface area contributed by atoms with Gasteiger partial charge in [0, 0.05) is 26.1 Å². The highest BCUT2D eigenvalue weighted by Crippen LogP contribution is 2.20. The van der Waals surface area contributed by atoms with Crippen molar-refractivity contribution in [2.45, 2.75) is 19.6 Å². The SMILES string of the molecule is CC(=O)O[C@H](C(=O)N(C)Cc1ccccc1)c1ccccc1. The number of esters is 1. The fraction of sp³-hybridized carbons (Fsp3) is 0.222. The molecule has 0 aliphatic rings. The Labute approximate surface area is 130 Å². The van der Waals surface area contributed by atoms with Crippen LogP contribution in [0.15, 0.2) is 60.7 Å². The first-order valence-electron chi connectivity index (χ1n) is 7.09. The maximum atomic E-state index is 12.6. The maximum absolute atomic E-state index is 12.6. The molecule has 2 aromatic carbocycles. The van der Waals surface area contributed by atoms with Gasteiger partial charge in [0.05, 0.1) is 0 Å². The number of ether oxygens (including phenoxy) is 1. The van der Waals surface area contributed by atoms with Crippen molar-refractivity contribution in [1.82, 2.24) is 4.90 Å². The van der Waals surface area contributed by atoms with E-state index in [2.05, 4.69) is 0 Å². The Morgan fingerprint density at radius 1 is 1.00 bits per heavy atom. The second-order valence-electron chi connectivity index (χ2n) is 5.08. The average molecular weight is 297 g/mol. The van der Waals surface area contributed by atoms with Crippen molar-refractivity contribution in [3.05, 3.63) is 71.8 Å². The fourth-order valence-electron chi connectivity index (χ4n) is 2.19. The normalized spacial score (nSPS) is 11.5. The summed E-state index contributed by atoms with van der Waals surface area (Å²) >= 11 is 0. The lowest BCUT2D eigenvalue weighted by atomic mass is 10.1. The maximum Gasteiger partial charge on any atom is 0.303 e. The molecule has 22 heavy (non-hydrogen) atoms. The van der Waals surface area contributed by atoms with Gasteiger partial charge >= 0.3 is 5.97 Å². The molecule has 0 saturated heterocycles. The summed E-state index contributed by atoms with van der Waals surface area (Å²) in [6.45, 7) is 1.77. The van der Waals surface area contributed by atoms with Gasteiger partial charge in [-0.1, -0.05) is 60.7 Å². The minimum atomic E-state index is -0.910. The Morgan fingerprint density at radius 3 is 2.09 bits per heavy atom. The molecule has 0 unspecified atom stereocenters. The van der Waals surface area contributed by atoms with Crippen LogP contribution < -0.4 is 0 Å². The van der Waals surface area contributed by atoms with Crippen LogP contribution in [0.1, 0.15) is 24.2 Å². The molecule has 0 bridgehead atoms. The quantitative estimate of drug-likeness (QED) is 0.797. The van der Waals surface area contributed by atoms with Crippen molar-refractivity contribution < 1.29 is 14.3 Å². The Morgan fingerprint density at radius 2 is 1.55 bits per heavy atom. The van der Waals surface area contributed by atoms with Gasteiger partial charge in [0.15, 0.2) is 0 Å². The highest BCUT2D eigenvalue weighted by atomic mass is 16.5. The van der Waals surface area contributed by atoms with E-state index in [-0.39, 0.29) is 5.91 Å². The standard InChI is InChI=1S/C18H19NO3/c1-14(20)22-17(16-11-7-4-8-12-16)18(21)19(2)13-15-9-5-3-6-10-15/h3-12,17H,13H2,1-2H3/t17-/m0/s1. The zero-order valence-electron chi connectivity index (χ0n) is 12.7. The number of carbonyl (C=O) groups is 2. The van der Waals surface area contributed by atoms with E-state index in [0.717, 1.165) is 5.56 Å². The molecule has 0 N–H and O–H groups in total. The largest absolute Gasteiger partial charge is 0.447 e. The second kappa shape index (κ2) is 7.41. The van der Waals surface area contributed by atoms with Crippen LogP contribution in [0, 0.1) is 0 Å². The van der Waals surface area contributed by atoms with Crippen molar-refractivity contribution in [1.29, 1.82) is 0 Å². The van der Waals surface area contributed by atoms with E-state index < -0.39 is 12.1 Å². The first-order chi connectivity index (χ1) is 10.6. The number of hydrogen-bond donors (Lipinski definition) is 0. The van der Waals surface area contributed by atoms with Crippen molar-refractivity contribution in [3.8, 4) is 0 Å². The van der Waals surface area contributed by atoms with E-state index in [1.165, 1.54) is 6.92 Å². The highest BCUT2D eigenvalue weighted by Gasteiger charge is 2.26. The summed E-state index contributed by atoms with van der Waals surface area (Å²) < 4.78 is 5.23. The molecule has 0 heterocycles. The third-order valence-corrected chi connectivity index (χ3v) is 3.25. The fourth-order valence-corrected chi connectivity index (χ4v) is 2.19. The molecular formula is C18H19NO3. The lowest BCUT2D eigenvalue weighted by Crippen LogP contribution is -2.33. The number of carbonyl (C=O) groups excluding carboxylic acids is 2. The van der Waals surface area contributed by atoms with Crippen molar-refractivity contribution in [2.24, 2.45) is 0 Å². The van der Waals surface area contributed by atoms with Gasteiger partial charge in [-0.05, 0) is 5.56 Å². The molecule has 0 aromatic heterocycles. The van der Waals surface area contributed by atoms with Crippen LogP contribution in [-0.4, -0.2) is 23.8 Å². The zero-order chi connectivity index (χ0) is 15.9. The number of likely N-dealkylation sites (N-methyl/N-ethyl adjacent to an activating group) is 1. The summed E-state index contributed by atoms with van der Waals surface area (Å²) in [4.78, 5) is 25.5. The van der Waals surface area contributed by atoms with Gasteiger partial charge in [0.1, 0.15) is 0 Å². The van der Waals surface area contributed by atoms with Crippen molar-refractivity contribution >= 4 is 11.9 Å². The summed E-state index contributed by atoms with van der Waals surface area (Å²) in [6, 6.07) is 18.7. The molecule has 0 aliphatic carbocycles. The molecule has 2 rings (SSSR count). The Kier molecular flexibility index (Phi) is 5.31. The summed E-state index contributed by atoms with van der Waals surface area (Å²) in [5.41, 5.74) is 1.69. The number of amides is 1. The van der Waals surface area contributed by atoms with Crippen molar-refractivity contribution in [2.75, 3.05) is 7.05 Å². The zero-order valence-corrected chi connectivity index (χ0v) is 12.7. The number of benzene rings is 2. The monoisotopic (exact) mass is 297 g/mol. The Bertz CT molecular complexity index is 625. The molecule has 0 spiro atoms. The van der Waals surface area contributed by atoms with Gasteiger partial charge in [0.2, 0.25) is 6.10 Å². The van der Waals surface area contributed by atoms with E-state index in [1.54, 1.807) is 24.1 Å². The van der Waals surface area contributed by atoms with E-state index in [0.29, 0.717) is 12.1 Å². The predicted molar refractivity (Wildman–Crippen MR) is 83.9 cm³/mol. The van der Waals surface area contributed by atoms with Crippen LogP contribution in [0.25, 0.3) is 0 Å². The summed E-state index contributed by atoms with van der Waals surface area (Å²) in [5.74, 6) is -0.722. The molecule has 2 aromatic rings. The van der Waals surface area contributed by atoms with Gasteiger partial charge in [-0.3, -0.25) is 9.59 Å². The first kappa shape index (κ1) is 15.8. The summed E-state index contributed by atoms with van der Waals surface area (Å²) in [6.07, 6.45) is -0.910. The molecule has 0 saturated carbocycles. The van der Waals surface area contributed by atoms with Crippen LogP contribution in [0.2, 0.25) is 0 Å². The van der Waals surface area contributed by atoms with Crippen LogP contribution >= 0.6 is 0 Å². The van der Waals surface area contributed by atoms with Crippen LogP contribution in [0.5, 0.6) is 0 Å². The number of rotatable bonds is 5. The molecule has 1 atom stereocenters. The second-order valence-corrected chi connectivity index (χ2v) is 5.08.